The number of ketones is 1. The molecule has 2 saturated heterocycles. The third kappa shape index (κ3) is 4.41. The minimum Gasteiger partial charge on any atom is -0.378 e. The molecule has 3 rings (SSSR count). The molecule has 1 aromatic carbocycles. The number of Topliss-reactive ketones (excluding diaryl/α,β-unsaturated/α-hetero) is 1. The van der Waals surface area contributed by atoms with E-state index >= 15 is 0 Å². The van der Waals surface area contributed by atoms with Crippen LogP contribution < -0.4 is 5.32 Å². The van der Waals surface area contributed by atoms with E-state index in [2.05, 4.69) is 5.32 Å². The molecule has 2 heterocycles. The van der Waals surface area contributed by atoms with Gasteiger partial charge in [0.1, 0.15) is 11.6 Å². The number of nitrogens with one attached hydrogen (secondary N) is 1. The van der Waals surface area contributed by atoms with Crippen LogP contribution in [0.5, 0.6) is 0 Å². The number of likely N-dealkylation sites (tertiary alicyclic amines) is 1. The number of carbonyl (C=O) groups excluding carboxylic acids is 2. The Morgan fingerprint density at radius 2 is 2.00 bits per heavy atom. The predicted molar refractivity (Wildman–Crippen MR) is 87.2 cm³/mol. The number of hydrogen-bond acceptors (Lipinski definition) is 4. The molecular formula is C18H22F2N2O3. The molecule has 2 aliphatic rings. The molecule has 0 saturated carbocycles. The van der Waals surface area contributed by atoms with Crippen molar-refractivity contribution < 1.29 is 23.1 Å². The van der Waals surface area contributed by atoms with Gasteiger partial charge in [-0.2, -0.15) is 0 Å². The Morgan fingerprint density at radius 1 is 1.24 bits per heavy atom. The van der Waals surface area contributed by atoms with Gasteiger partial charge >= 0.3 is 0 Å². The summed E-state index contributed by atoms with van der Waals surface area (Å²) < 4.78 is 32.4. The van der Waals surface area contributed by atoms with Crippen LogP contribution in [0.25, 0.3) is 0 Å². The molecule has 1 amide bonds. The highest BCUT2D eigenvalue weighted by molar-refractivity contribution is 5.98. The number of ether oxygens (including phenoxy) is 1. The monoisotopic (exact) mass is 352 g/mol. The van der Waals surface area contributed by atoms with Gasteiger partial charge in [-0.3, -0.25) is 9.59 Å². The van der Waals surface area contributed by atoms with Crippen molar-refractivity contribution in [3.05, 3.63) is 35.4 Å². The zero-order valence-electron chi connectivity index (χ0n) is 14.0. The van der Waals surface area contributed by atoms with Crippen molar-refractivity contribution in [3.63, 3.8) is 0 Å². The van der Waals surface area contributed by atoms with Gasteiger partial charge in [0.05, 0.1) is 18.8 Å². The molecule has 0 spiro atoms. The van der Waals surface area contributed by atoms with Crippen molar-refractivity contribution in [2.45, 2.75) is 25.3 Å². The minimum atomic E-state index is -0.701. The number of amides is 1. The Balaban J connectivity index is 1.53. The summed E-state index contributed by atoms with van der Waals surface area (Å²) >= 11 is 0. The molecule has 7 heteroatoms. The van der Waals surface area contributed by atoms with Crippen LogP contribution in [-0.2, 0) is 9.53 Å². The highest BCUT2D eigenvalue weighted by Gasteiger charge is 2.30. The van der Waals surface area contributed by atoms with Crippen molar-refractivity contribution in [1.82, 2.24) is 10.2 Å². The summed E-state index contributed by atoms with van der Waals surface area (Å²) in [7, 11) is 0. The number of nitrogens with zero attached hydrogens (tertiary/aromatic N) is 1. The Labute approximate surface area is 145 Å². The Bertz CT molecular complexity index is 639. The van der Waals surface area contributed by atoms with Crippen molar-refractivity contribution in [3.8, 4) is 0 Å². The molecule has 0 radical (unpaired) electrons. The fourth-order valence-electron chi connectivity index (χ4n) is 3.39. The summed E-state index contributed by atoms with van der Waals surface area (Å²) in [6, 6.07) is 2.95. The first-order chi connectivity index (χ1) is 12.0. The zero-order chi connectivity index (χ0) is 17.8. The number of halogens is 2. The second-order valence-electron chi connectivity index (χ2n) is 6.57. The van der Waals surface area contributed by atoms with Gasteiger partial charge in [-0.15, -0.1) is 0 Å². The van der Waals surface area contributed by atoms with Gasteiger partial charge in [0.15, 0.2) is 5.78 Å². The van der Waals surface area contributed by atoms with E-state index in [1.54, 1.807) is 4.90 Å². The number of rotatable bonds is 4. The van der Waals surface area contributed by atoms with Crippen molar-refractivity contribution in [2.24, 2.45) is 5.92 Å². The van der Waals surface area contributed by atoms with Gasteiger partial charge in [0.25, 0.3) is 0 Å². The lowest BCUT2D eigenvalue weighted by Gasteiger charge is -2.33. The molecule has 0 aromatic heterocycles. The lowest BCUT2D eigenvalue weighted by atomic mass is 9.88. The maximum Gasteiger partial charge on any atom is 0.224 e. The highest BCUT2D eigenvalue weighted by Crippen LogP contribution is 2.24. The van der Waals surface area contributed by atoms with E-state index in [1.165, 1.54) is 0 Å². The van der Waals surface area contributed by atoms with Crippen LogP contribution in [-0.4, -0.2) is 55.5 Å². The van der Waals surface area contributed by atoms with Gasteiger partial charge in [-0.1, -0.05) is 0 Å². The van der Waals surface area contributed by atoms with Crippen LogP contribution in [0.15, 0.2) is 18.2 Å². The topological polar surface area (TPSA) is 58.6 Å². The molecule has 2 aliphatic heterocycles. The van der Waals surface area contributed by atoms with Gasteiger partial charge in [0.2, 0.25) is 5.91 Å². The van der Waals surface area contributed by atoms with Gasteiger partial charge in [-0.05, 0) is 31.0 Å². The van der Waals surface area contributed by atoms with Crippen molar-refractivity contribution in [2.75, 3.05) is 32.8 Å². The average Bonchev–Trinajstić information content (AvgIpc) is 2.64. The first-order valence-electron chi connectivity index (χ1n) is 8.63. The third-order valence-electron chi connectivity index (χ3n) is 4.83. The molecular weight excluding hydrogens is 330 g/mol. The van der Waals surface area contributed by atoms with Gasteiger partial charge < -0.3 is 15.0 Å². The molecule has 0 aliphatic carbocycles. The second kappa shape index (κ2) is 8.01. The first kappa shape index (κ1) is 17.9. The molecule has 1 aromatic rings. The van der Waals surface area contributed by atoms with Gasteiger partial charge in [0, 0.05) is 38.0 Å². The van der Waals surface area contributed by atoms with E-state index in [4.69, 9.17) is 4.74 Å². The van der Waals surface area contributed by atoms with E-state index in [-0.39, 0.29) is 29.2 Å². The van der Waals surface area contributed by atoms with Crippen LogP contribution in [0.3, 0.4) is 0 Å². The zero-order valence-corrected chi connectivity index (χ0v) is 14.0. The number of piperidine rings is 1. The molecule has 1 unspecified atom stereocenters. The maximum atomic E-state index is 13.8. The lowest BCUT2D eigenvalue weighted by molar-refractivity contribution is -0.133. The Kier molecular flexibility index (Phi) is 5.75. The minimum absolute atomic E-state index is 0.0296. The van der Waals surface area contributed by atoms with Crippen LogP contribution in [0, 0.1) is 17.6 Å². The van der Waals surface area contributed by atoms with E-state index in [9.17, 15) is 18.4 Å². The molecule has 5 nitrogen and oxygen atoms in total. The molecule has 2 fully saturated rings. The standard InChI is InChI=1S/C18H22F2N2O3/c19-13-1-2-16(20)15(9-13)18(24)12-3-6-22(7-4-12)17(23)10-14-11-25-8-5-21-14/h1-2,9,12,14,21H,3-8,10-11H2. The largest absolute Gasteiger partial charge is 0.378 e. The predicted octanol–water partition coefficient (Wildman–Crippen LogP) is 1.76. The molecule has 1 N–H and O–H groups in total. The smallest absolute Gasteiger partial charge is 0.224 e. The van der Waals surface area contributed by atoms with Crippen LogP contribution in [0.2, 0.25) is 0 Å². The number of morpholine rings is 1. The average molecular weight is 352 g/mol. The SMILES string of the molecule is O=C(c1cc(F)ccc1F)C1CCN(C(=O)CC2COCCN2)CC1. The summed E-state index contributed by atoms with van der Waals surface area (Å²) in [5.74, 6) is -2.05. The molecule has 0 bridgehead atoms. The number of hydrogen-bond donors (Lipinski definition) is 1. The first-order valence-corrected chi connectivity index (χ1v) is 8.63. The van der Waals surface area contributed by atoms with Crippen molar-refractivity contribution >= 4 is 11.7 Å². The summed E-state index contributed by atoms with van der Waals surface area (Å²) in [5.41, 5.74) is -0.201. The van der Waals surface area contributed by atoms with Crippen LogP contribution in [0.4, 0.5) is 8.78 Å². The molecule has 1 atom stereocenters. The quantitative estimate of drug-likeness (QED) is 0.839. The summed E-state index contributed by atoms with van der Waals surface area (Å²) in [6.07, 6.45) is 1.31. The lowest BCUT2D eigenvalue weighted by Crippen LogP contribution is -2.47. The van der Waals surface area contributed by atoms with Crippen LogP contribution in [0.1, 0.15) is 29.6 Å². The Morgan fingerprint density at radius 3 is 2.68 bits per heavy atom. The van der Waals surface area contributed by atoms with E-state index in [0.717, 1.165) is 24.7 Å². The molecule has 136 valence electrons. The van der Waals surface area contributed by atoms with Gasteiger partial charge in [-0.25, -0.2) is 8.78 Å². The highest BCUT2D eigenvalue weighted by atomic mass is 19.1. The number of benzene rings is 1. The van der Waals surface area contributed by atoms with E-state index in [0.29, 0.717) is 45.6 Å². The normalized spacial score (nSPS) is 22.0. The number of carbonyl (C=O) groups is 2. The fourth-order valence-corrected chi connectivity index (χ4v) is 3.39. The Hall–Kier alpha value is -1.86. The van der Waals surface area contributed by atoms with Crippen LogP contribution >= 0.6 is 0 Å². The van der Waals surface area contributed by atoms with E-state index < -0.39 is 11.6 Å². The third-order valence-corrected chi connectivity index (χ3v) is 4.83. The molecule has 25 heavy (non-hydrogen) atoms. The maximum absolute atomic E-state index is 13.8. The summed E-state index contributed by atoms with van der Waals surface area (Å²) in [6.45, 7) is 2.85. The summed E-state index contributed by atoms with van der Waals surface area (Å²) in [4.78, 5) is 26.5. The second-order valence-corrected chi connectivity index (χ2v) is 6.57. The van der Waals surface area contributed by atoms with E-state index in [1.807, 2.05) is 0 Å². The van der Waals surface area contributed by atoms with Crippen molar-refractivity contribution in [1.29, 1.82) is 0 Å². The fraction of sp³-hybridized carbons (Fsp3) is 0.556. The summed E-state index contributed by atoms with van der Waals surface area (Å²) in [5, 5.41) is 3.25.